The zero-order chi connectivity index (χ0) is 17.7. The summed E-state index contributed by atoms with van der Waals surface area (Å²) < 4.78 is 0. The fourth-order valence-electron chi connectivity index (χ4n) is 4.67. The summed E-state index contributed by atoms with van der Waals surface area (Å²) in [5.74, 6) is 3.07. The number of hydrogen-bond donors (Lipinski definition) is 2. The second kappa shape index (κ2) is 5.79. The highest BCUT2D eigenvalue weighted by atomic mass is 16.1. The van der Waals surface area contributed by atoms with Crippen LogP contribution in [0, 0.1) is 0 Å². The Kier molecular flexibility index (Phi) is 3.52. The van der Waals surface area contributed by atoms with Gasteiger partial charge in [0.1, 0.15) is 5.82 Å². The lowest BCUT2D eigenvalue weighted by Gasteiger charge is -2.41. The summed E-state index contributed by atoms with van der Waals surface area (Å²) in [6.45, 7) is 1.82. The maximum Gasteiger partial charge on any atom is 0.254 e. The van der Waals surface area contributed by atoms with E-state index in [0.29, 0.717) is 5.92 Å². The van der Waals surface area contributed by atoms with Gasteiger partial charge in [-0.2, -0.15) is 0 Å². The van der Waals surface area contributed by atoms with Crippen molar-refractivity contribution in [2.45, 2.75) is 49.9 Å². The minimum absolute atomic E-state index is 0.0337. The summed E-state index contributed by atoms with van der Waals surface area (Å²) in [5, 5.41) is 3.15. The smallest absolute Gasteiger partial charge is 0.254 e. The molecule has 0 aromatic carbocycles. The van der Waals surface area contributed by atoms with Gasteiger partial charge in [0.05, 0.1) is 5.69 Å². The van der Waals surface area contributed by atoms with Gasteiger partial charge >= 0.3 is 0 Å². The van der Waals surface area contributed by atoms with Crippen LogP contribution in [0.5, 0.6) is 0 Å². The van der Waals surface area contributed by atoms with E-state index in [1.54, 1.807) is 12.4 Å². The maximum absolute atomic E-state index is 12.6. The van der Waals surface area contributed by atoms with Gasteiger partial charge in [-0.25, -0.2) is 15.0 Å². The zero-order valence-corrected chi connectivity index (χ0v) is 15.1. The molecule has 0 radical (unpaired) electrons. The van der Waals surface area contributed by atoms with Crippen LogP contribution in [-0.2, 0) is 11.8 Å². The van der Waals surface area contributed by atoms with E-state index in [1.807, 2.05) is 7.05 Å². The average Bonchev–Trinajstić information content (AvgIpc) is 3.47. The Morgan fingerprint density at radius 1 is 1.27 bits per heavy atom. The number of nitrogens with zero attached hydrogens (tertiary/aromatic N) is 4. The van der Waals surface area contributed by atoms with E-state index in [4.69, 9.17) is 4.98 Å². The van der Waals surface area contributed by atoms with Crippen molar-refractivity contribution in [3.63, 3.8) is 0 Å². The molecule has 2 aliphatic carbocycles. The molecule has 1 spiro atoms. The standard InChI is InChI=1S/C19H24N6O/c1-20-16-17(22-9-8-21-16)25-10-2-6-19(11-25)7-5-13-14(19)23-15(12-3-4-12)24-18(13)26/h8-9,12H,2-7,10-11H2,1H3,(H,20,21)(H,23,24,26). The van der Waals surface area contributed by atoms with Crippen LogP contribution in [0.15, 0.2) is 17.2 Å². The molecule has 1 saturated carbocycles. The topological polar surface area (TPSA) is 86.8 Å². The quantitative estimate of drug-likeness (QED) is 0.878. The van der Waals surface area contributed by atoms with Gasteiger partial charge in [0.15, 0.2) is 11.6 Å². The molecule has 5 rings (SSSR count). The Balaban J connectivity index is 1.54. The minimum Gasteiger partial charge on any atom is -0.370 e. The molecule has 1 saturated heterocycles. The molecule has 26 heavy (non-hydrogen) atoms. The third-order valence-electron chi connectivity index (χ3n) is 6.15. The molecule has 1 aliphatic heterocycles. The first kappa shape index (κ1) is 15.8. The van der Waals surface area contributed by atoms with E-state index < -0.39 is 0 Å². The molecule has 1 unspecified atom stereocenters. The van der Waals surface area contributed by atoms with Gasteiger partial charge in [0.2, 0.25) is 0 Å². The molecule has 0 bridgehead atoms. The number of nitrogens with one attached hydrogen (secondary N) is 2. The number of H-pyrrole nitrogens is 1. The number of anilines is 2. The molecule has 2 N–H and O–H groups in total. The zero-order valence-electron chi connectivity index (χ0n) is 15.1. The lowest BCUT2D eigenvalue weighted by molar-refractivity contribution is 0.332. The predicted octanol–water partition coefficient (Wildman–Crippen LogP) is 1.96. The second-order valence-corrected chi connectivity index (χ2v) is 7.84. The van der Waals surface area contributed by atoms with Crippen LogP contribution in [-0.4, -0.2) is 40.1 Å². The van der Waals surface area contributed by atoms with Crippen molar-refractivity contribution in [2.24, 2.45) is 0 Å². The normalized spacial score (nSPS) is 24.7. The van der Waals surface area contributed by atoms with E-state index >= 15 is 0 Å². The molecule has 0 amide bonds. The van der Waals surface area contributed by atoms with Gasteiger partial charge in [0, 0.05) is 49.4 Å². The van der Waals surface area contributed by atoms with Crippen molar-refractivity contribution < 1.29 is 0 Å². The summed E-state index contributed by atoms with van der Waals surface area (Å²) in [5.41, 5.74) is 2.02. The fourth-order valence-corrected chi connectivity index (χ4v) is 4.67. The molecule has 2 fully saturated rings. The molecular weight excluding hydrogens is 328 g/mol. The van der Waals surface area contributed by atoms with Gasteiger partial charge in [-0.3, -0.25) is 4.79 Å². The number of rotatable bonds is 3. The van der Waals surface area contributed by atoms with E-state index in [1.165, 1.54) is 0 Å². The molecule has 2 aromatic heterocycles. The number of hydrogen-bond acceptors (Lipinski definition) is 6. The van der Waals surface area contributed by atoms with Crippen LogP contribution < -0.4 is 15.8 Å². The highest BCUT2D eigenvalue weighted by molar-refractivity contribution is 5.61. The first-order valence-electron chi connectivity index (χ1n) is 9.57. The highest BCUT2D eigenvalue weighted by Gasteiger charge is 2.46. The Hall–Kier alpha value is -2.44. The summed E-state index contributed by atoms with van der Waals surface area (Å²) >= 11 is 0. The minimum atomic E-state index is -0.0337. The summed E-state index contributed by atoms with van der Waals surface area (Å²) in [6, 6.07) is 0. The molecule has 7 heteroatoms. The monoisotopic (exact) mass is 352 g/mol. The summed E-state index contributed by atoms with van der Waals surface area (Å²) in [4.78, 5) is 31.9. The maximum atomic E-state index is 12.6. The van der Waals surface area contributed by atoms with Crippen LogP contribution in [0.25, 0.3) is 0 Å². The summed E-state index contributed by atoms with van der Waals surface area (Å²) in [6.07, 6.45) is 9.74. The molecule has 1 atom stereocenters. The van der Waals surface area contributed by atoms with Gasteiger partial charge in [-0.05, 0) is 38.5 Å². The van der Waals surface area contributed by atoms with Gasteiger partial charge in [-0.15, -0.1) is 0 Å². The Morgan fingerprint density at radius 2 is 2.12 bits per heavy atom. The predicted molar refractivity (Wildman–Crippen MR) is 99.9 cm³/mol. The molecule has 3 heterocycles. The van der Waals surface area contributed by atoms with Gasteiger partial charge in [-0.1, -0.05) is 0 Å². The van der Waals surface area contributed by atoms with Crippen molar-refractivity contribution in [1.82, 2.24) is 19.9 Å². The van der Waals surface area contributed by atoms with Crippen molar-refractivity contribution >= 4 is 11.6 Å². The Morgan fingerprint density at radius 3 is 2.92 bits per heavy atom. The largest absolute Gasteiger partial charge is 0.370 e. The number of aromatic amines is 1. The Labute approximate surface area is 152 Å². The van der Waals surface area contributed by atoms with Crippen LogP contribution in [0.4, 0.5) is 11.6 Å². The molecule has 2 aromatic rings. The lowest BCUT2D eigenvalue weighted by atomic mass is 9.77. The van der Waals surface area contributed by atoms with Crippen LogP contribution in [0.1, 0.15) is 55.1 Å². The van der Waals surface area contributed by atoms with Crippen LogP contribution in [0.3, 0.4) is 0 Å². The highest BCUT2D eigenvalue weighted by Crippen LogP contribution is 2.45. The third kappa shape index (κ3) is 2.40. The van der Waals surface area contributed by atoms with Crippen LogP contribution >= 0.6 is 0 Å². The third-order valence-corrected chi connectivity index (χ3v) is 6.15. The average molecular weight is 352 g/mol. The van der Waals surface area contributed by atoms with E-state index in [0.717, 1.165) is 80.3 Å². The first-order chi connectivity index (χ1) is 12.7. The number of aromatic nitrogens is 4. The fraction of sp³-hybridized carbons (Fsp3) is 0.579. The molecular formula is C19H24N6O. The molecule has 7 nitrogen and oxygen atoms in total. The molecule has 136 valence electrons. The number of piperidine rings is 1. The van der Waals surface area contributed by atoms with E-state index in [-0.39, 0.29) is 11.0 Å². The van der Waals surface area contributed by atoms with Crippen LogP contribution in [0.2, 0.25) is 0 Å². The first-order valence-corrected chi connectivity index (χ1v) is 9.57. The summed E-state index contributed by atoms with van der Waals surface area (Å²) in [7, 11) is 1.88. The second-order valence-electron chi connectivity index (χ2n) is 7.84. The SMILES string of the molecule is CNc1nccnc1N1CCCC2(CCc3c2nc(C2CC2)[nH]c3=O)C1. The van der Waals surface area contributed by atoms with E-state index in [9.17, 15) is 4.79 Å². The number of fused-ring (bicyclic) bond motifs is 2. The van der Waals surface area contributed by atoms with Crippen molar-refractivity contribution in [2.75, 3.05) is 30.4 Å². The Bertz CT molecular complexity index is 905. The lowest BCUT2D eigenvalue weighted by Crippen LogP contribution is -2.46. The van der Waals surface area contributed by atoms with E-state index in [2.05, 4.69) is 25.2 Å². The van der Waals surface area contributed by atoms with Gasteiger partial charge in [0.25, 0.3) is 5.56 Å². The van der Waals surface area contributed by atoms with Gasteiger partial charge < -0.3 is 15.2 Å². The molecule has 3 aliphatic rings. The van der Waals surface area contributed by atoms with Crippen molar-refractivity contribution in [3.05, 3.63) is 39.8 Å². The van der Waals surface area contributed by atoms with Crippen molar-refractivity contribution in [3.8, 4) is 0 Å². The van der Waals surface area contributed by atoms with Crippen molar-refractivity contribution in [1.29, 1.82) is 0 Å².